The van der Waals surface area contributed by atoms with Crippen LogP contribution >= 0.6 is 22.9 Å². The van der Waals surface area contributed by atoms with Crippen LogP contribution in [0, 0.1) is 13.8 Å². The van der Waals surface area contributed by atoms with Gasteiger partial charge in [0.1, 0.15) is 0 Å². The number of amides is 1. The fraction of sp³-hybridized carbons (Fsp3) is 0.556. The SMILES string of the molecule is Cc1nn([C@@H]2CCS(=O)(=O)C2)c(C)c1N1CCN(C(=O)c2ccc(Cl)s2)CC1. The second-order valence-electron chi connectivity index (χ2n) is 7.40. The van der Waals surface area contributed by atoms with E-state index in [4.69, 9.17) is 11.6 Å². The van der Waals surface area contributed by atoms with Crippen molar-refractivity contribution in [1.82, 2.24) is 14.7 Å². The minimum absolute atomic E-state index is 0.0249. The second-order valence-corrected chi connectivity index (χ2v) is 11.3. The molecule has 4 heterocycles. The van der Waals surface area contributed by atoms with Gasteiger partial charge < -0.3 is 9.80 Å². The van der Waals surface area contributed by atoms with E-state index < -0.39 is 9.84 Å². The molecule has 0 spiro atoms. The lowest BCUT2D eigenvalue weighted by atomic mass is 10.2. The van der Waals surface area contributed by atoms with Crippen molar-refractivity contribution < 1.29 is 13.2 Å². The summed E-state index contributed by atoms with van der Waals surface area (Å²) in [5, 5.41) is 4.65. The number of aromatic nitrogens is 2. The van der Waals surface area contributed by atoms with Gasteiger partial charge in [-0.2, -0.15) is 5.10 Å². The van der Waals surface area contributed by atoms with Crippen molar-refractivity contribution in [2.45, 2.75) is 26.3 Å². The first kappa shape index (κ1) is 19.7. The van der Waals surface area contributed by atoms with E-state index in [1.165, 1.54) is 11.3 Å². The molecule has 2 aliphatic rings. The molecule has 0 bridgehead atoms. The van der Waals surface area contributed by atoms with Gasteiger partial charge >= 0.3 is 0 Å². The molecule has 10 heteroatoms. The highest BCUT2D eigenvalue weighted by Gasteiger charge is 2.33. The van der Waals surface area contributed by atoms with Crippen molar-refractivity contribution in [3.63, 3.8) is 0 Å². The summed E-state index contributed by atoms with van der Waals surface area (Å²) in [5.41, 5.74) is 2.98. The Kier molecular flexibility index (Phi) is 5.18. The number of piperazine rings is 1. The first-order valence-electron chi connectivity index (χ1n) is 9.31. The van der Waals surface area contributed by atoms with Crippen LogP contribution in [0.15, 0.2) is 12.1 Å². The molecule has 2 fully saturated rings. The lowest BCUT2D eigenvalue weighted by Crippen LogP contribution is -2.49. The maximum absolute atomic E-state index is 12.6. The Morgan fingerprint density at radius 1 is 1.21 bits per heavy atom. The van der Waals surface area contributed by atoms with Crippen LogP contribution in [0.4, 0.5) is 5.69 Å². The quantitative estimate of drug-likeness (QED) is 0.730. The molecule has 1 amide bonds. The van der Waals surface area contributed by atoms with Gasteiger partial charge in [0.2, 0.25) is 0 Å². The summed E-state index contributed by atoms with van der Waals surface area (Å²) in [6, 6.07) is 3.44. The van der Waals surface area contributed by atoms with Crippen LogP contribution in [0.25, 0.3) is 0 Å². The molecule has 2 aromatic rings. The highest BCUT2D eigenvalue weighted by Crippen LogP contribution is 2.32. The zero-order valence-corrected chi connectivity index (χ0v) is 18.3. The number of hydrogen-bond acceptors (Lipinski definition) is 6. The Hall–Kier alpha value is -1.58. The number of rotatable bonds is 3. The van der Waals surface area contributed by atoms with Gasteiger partial charge in [0.25, 0.3) is 5.91 Å². The van der Waals surface area contributed by atoms with E-state index in [9.17, 15) is 13.2 Å². The molecular formula is C18H23ClN4O3S2. The van der Waals surface area contributed by atoms with E-state index in [-0.39, 0.29) is 23.5 Å². The van der Waals surface area contributed by atoms with Crippen LogP contribution in [0.3, 0.4) is 0 Å². The Morgan fingerprint density at radius 2 is 1.93 bits per heavy atom. The largest absolute Gasteiger partial charge is 0.365 e. The molecule has 2 saturated heterocycles. The number of thiophene rings is 1. The minimum Gasteiger partial charge on any atom is -0.365 e. The monoisotopic (exact) mass is 442 g/mol. The molecule has 1 atom stereocenters. The van der Waals surface area contributed by atoms with Crippen molar-refractivity contribution in [2.24, 2.45) is 0 Å². The molecule has 2 aliphatic heterocycles. The third-order valence-electron chi connectivity index (χ3n) is 5.51. The fourth-order valence-electron chi connectivity index (χ4n) is 4.15. The lowest BCUT2D eigenvalue weighted by Gasteiger charge is -2.36. The normalized spacial score (nSPS) is 22.0. The molecule has 28 heavy (non-hydrogen) atoms. The predicted octanol–water partition coefficient (Wildman–Crippen LogP) is 2.54. The molecule has 0 N–H and O–H groups in total. The molecule has 0 aromatic carbocycles. The van der Waals surface area contributed by atoms with Crippen LogP contribution < -0.4 is 4.90 Å². The summed E-state index contributed by atoms with van der Waals surface area (Å²) in [6.07, 6.45) is 0.620. The smallest absolute Gasteiger partial charge is 0.264 e. The number of sulfone groups is 1. The molecule has 0 saturated carbocycles. The van der Waals surface area contributed by atoms with Gasteiger partial charge in [-0.25, -0.2) is 8.42 Å². The van der Waals surface area contributed by atoms with Crippen molar-refractivity contribution >= 4 is 44.4 Å². The average Bonchev–Trinajstić information content (AvgIpc) is 3.32. The Balaban J connectivity index is 1.47. The summed E-state index contributed by atoms with van der Waals surface area (Å²) in [7, 11) is -2.96. The maximum Gasteiger partial charge on any atom is 0.264 e. The van der Waals surface area contributed by atoms with Crippen molar-refractivity contribution in [2.75, 3.05) is 42.6 Å². The first-order valence-corrected chi connectivity index (χ1v) is 12.3. The van der Waals surface area contributed by atoms with Gasteiger partial charge in [-0.1, -0.05) is 11.6 Å². The van der Waals surface area contributed by atoms with Crippen LogP contribution in [0.1, 0.15) is 33.5 Å². The third-order valence-corrected chi connectivity index (χ3v) is 8.48. The molecule has 2 aromatic heterocycles. The lowest BCUT2D eigenvalue weighted by molar-refractivity contribution is 0.0751. The van der Waals surface area contributed by atoms with E-state index in [2.05, 4.69) is 10.00 Å². The summed E-state index contributed by atoms with van der Waals surface area (Å²) in [4.78, 5) is 17.4. The van der Waals surface area contributed by atoms with Gasteiger partial charge in [-0.3, -0.25) is 9.48 Å². The van der Waals surface area contributed by atoms with Gasteiger partial charge in [-0.15, -0.1) is 11.3 Å². The molecule has 0 radical (unpaired) electrons. The fourth-order valence-corrected chi connectivity index (χ4v) is 6.86. The summed E-state index contributed by atoms with van der Waals surface area (Å²) in [5.74, 6) is 0.427. The standard InChI is InChI=1S/C18H23ClN4O3S2/c1-12-17(13(2)23(20-12)14-5-10-28(25,26)11-14)21-6-8-22(9-7-21)18(24)15-3-4-16(19)27-15/h3-4,14H,5-11H2,1-2H3/t14-/m1/s1. The van der Waals surface area contributed by atoms with Crippen LogP contribution in [0.2, 0.25) is 4.34 Å². The molecule has 7 nitrogen and oxygen atoms in total. The van der Waals surface area contributed by atoms with Gasteiger partial charge in [0.05, 0.1) is 43.8 Å². The van der Waals surface area contributed by atoms with Gasteiger partial charge in [0.15, 0.2) is 9.84 Å². The summed E-state index contributed by atoms with van der Waals surface area (Å²) < 4.78 is 26.2. The van der Waals surface area contributed by atoms with Crippen LogP contribution in [0.5, 0.6) is 0 Å². The Labute approximate surface area is 173 Å². The minimum atomic E-state index is -2.96. The maximum atomic E-state index is 12.6. The number of carbonyl (C=O) groups is 1. The van der Waals surface area contributed by atoms with E-state index in [1.807, 2.05) is 23.4 Å². The van der Waals surface area contributed by atoms with Crippen LogP contribution in [-0.2, 0) is 9.84 Å². The second kappa shape index (κ2) is 7.35. The Bertz CT molecular complexity index is 1010. The van der Waals surface area contributed by atoms with Gasteiger partial charge in [0, 0.05) is 26.2 Å². The first-order chi connectivity index (χ1) is 13.2. The predicted molar refractivity (Wildman–Crippen MR) is 111 cm³/mol. The van der Waals surface area contributed by atoms with Crippen LogP contribution in [-0.4, -0.2) is 66.7 Å². The van der Waals surface area contributed by atoms with Gasteiger partial charge in [-0.05, 0) is 32.4 Å². The molecule has 152 valence electrons. The zero-order chi connectivity index (χ0) is 20.1. The van der Waals surface area contributed by atoms with Crippen molar-refractivity contribution in [3.05, 3.63) is 32.7 Å². The number of anilines is 1. The number of carbonyl (C=O) groups excluding carboxylic acids is 1. The molecule has 0 unspecified atom stereocenters. The van der Waals surface area contributed by atoms with E-state index >= 15 is 0 Å². The highest BCUT2D eigenvalue weighted by atomic mass is 35.5. The summed E-state index contributed by atoms with van der Waals surface area (Å²) >= 11 is 7.25. The molecule has 0 aliphatic carbocycles. The molecular weight excluding hydrogens is 420 g/mol. The molecule has 4 rings (SSSR count). The summed E-state index contributed by atoms with van der Waals surface area (Å²) in [6.45, 7) is 6.69. The Morgan fingerprint density at radius 3 is 2.50 bits per heavy atom. The van der Waals surface area contributed by atoms with E-state index in [0.29, 0.717) is 28.7 Å². The van der Waals surface area contributed by atoms with E-state index in [1.54, 1.807) is 12.1 Å². The van der Waals surface area contributed by atoms with Crippen molar-refractivity contribution in [1.29, 1.82) is 0 Å². The topological polar surface area (TPSA) is 75.5 Å². The highest BCUT2D eigenvalue weighted by molar-refractivity contribution is 7.91. The number of aryl methyl sites for hydroxylation is 1. The number of halogens is 1. The van der Waals surface area contributed by atoms with Crippen molar-refractivity contribution in [3.8, 4) is 0 Å². The zero-order valence-electron chi connectivity index (χ0n) is 15.9. The number of nitrogens with zero attached hydrogens (tertiary/aromatic N) is 4. The number of hydrogen-bond donors (Lipinski definition) is 0. The average molecular weight is 443 g/mol. The third kappa shape index (κ3) is 3.67. The van der Waals surface area contributed by atoms with E-state index in [0.717, 1.165) is 30.2 Å².